The number of ketones is 1. The third kappa shape index (κ3) is 4.43. The van der Waals surface area contributed by atoms with Crippen molar-refractivity contribution in [1.29, 1.82) is 0 Å². The van der Waals surface area contributed by atoms with Gasteiger partial charge in [0.1, 0.15) is 0 Å². The number of rotatable bonds is 5. The molecule has 0 spiro atoms. The zero-order valence-corrected chi connectivity index (χ0v) is 15.5. The highest BCUT2D eigenvalue weighted by atomic mass is 35.5. The Kier molecular flexibility index (Phi) is 5.41. The van der Waals surface area contributed by atoms with E-state index in [1.54, 1.807) is 0 Å². The molecule has 0 radical (unpaired) electrons. The van der Waals surface area contributed by atoms with Gasteiger partial charge in [-0.1, -0.05) is 11.6 Å². The van der Waals surface area contributed by atoms with Crippen LogP contribution in [0.15, 0.2) is 24.3 Å². The van der Waals surface area contributed by atoms with Gasteiger partial charge in [0.05, 0.1) is 6.17 Å². The first-order valence-electron chi connectivity index (χ1n) is 9.68. The van der Waals surface area contributed by atoms with Crippen molar-refractivity contribution in [2.24, 2.45) is 11.8 Å². The molecule has 136 valence electrons. The van der Waals surface area contributed by atoms with Crippen molar-refractivity contribution in [3.8, 4) is 0 Å². The van der Waals surface area contributed by atoms with Crippen LogP contribution >= 0.6 is 11.6 Å². The predicted molar refractivity (Wildman–Crippen MR) is 101 cm³/mol. The van der Waals surface area contributed by atoms with E-state index in [9.17, 15) is 4.79 Å². The number of Topliss-reactive ketones (excluding diaryl/α,β-unsaturated/α-hetero) is 1. The smallest absolute Gasteiger partial charge is 0.166 e. The molecule has 4 rings (SSSR count). The molecule has 5 heteroatoms. The number of hydrogen-bond acceptors (Lipinski definition) is 4. The first kappa shape index (κ1) is 17.5. The minimum absolute atomic E-state index is 0.122. The van der Waals surface area contributed by atoms with E-state index in [2.05, 4.69) is 15.1 Å². The van der Waals surface area contributed by atoms with Crippen LogP contribution < -0.4 is 5.32 Å². The standard InChI is InChI=1S/C20H28ClN3O/c21-18-5-3-16(4-6-18)20(25)17-7-8-22-19(13-17)24-11-9-23(10-12-24)14-15-1-2-15/h3-6,15,17,19,22H,1-2,7-14H2. The molecule has 0 amide bonds. The van der Waals surface area contributed by atoms with E-state index in [1.165, 1.54) is 32.5 Å². The number of nitrogens with one attached hydrogen (secondary N) is 1. The highest BCUT2D eigenvalue weighted by Crippen LogP contribution is 2.30. The summed E-state index contributed by atoms with van der Waals surface area (Å²) in [4.78, 5) is 18.0. The van der Waals surface area contributed by atoms with E-state index in [0.717, 1.165) is 44.0 Å². The van der Waals surface area contributed by atoms with E-state index in [0.29, 0.717) is 11.2 Å². The van der Waals surface area contributed by atoms with Crippen LogP contribution in [0.3, 0.4) is 0 Å². The normalized spacial score (nSPS) is 28.8. The van der Waals surface area contributed by atoms with Gasteiger partial charge in [0.15, 0.2) is 5.78 Å². The average Bonchev–Trinajstić information content (AvgIpc) is 3.46. The van der Waals surface area contributed by atoms with Gasteiger partial charge in [0.25, 0.3) is 0 Å². The molecule has 3 aliphatic rings. The third-order valence-corrected chi connectivity index (χ3v) is 6.19. The average molecular weight is 362 g/mol. The lowest BCUT2D eigenvalue weighted by Gasteiger charge is -2.42. The number of carbonyl (C=O) groups is 1. The van der Waals surface area contributed by atoms with Crippen LogP contribution in [0.1, 0.15) is 36.0 Å². The molecule has 2 aliphatic heterocycles. The summed E-state index contributed by atoms with van der Waals surface area (Å²) in [6.07, 6.45) is 5.06. The van der Waals surface area contributed by atoms with E-state index < -0.39 is 0 Å². The minimum atomic E-state index is 0.122. The summed E-state index contributed by atoms with van der Waals surface area (Å²) >= 11 is 5.94. The quantitative estimate of drug-likeness (QED) is 0.818. The van der Waals surface area contributed by atoms with Gasteiger partial charge in [-0.2, -0.15) is 0 Å². The number of halogens is 1. The lowest BCUT2D eigenvalue weighted by Crippen LogP contribution is -2.57. The largest absolute Gasteiger partial charge is 0.302 e. The molecule has 0 bridgehead atoms. The Morgan fingerprint density at radius 2 is 1.80 bits per heavy atom. The summed E-state index contributed by atoms with van der Waals surface area (Å²) in [5.74, 6) is 1.37. The fraction of sp³-hybridized carbons (Fsp3) is 0.650. The second-order valence-corrected chi connectivity index (χ2v) is 8.28. The Morgan fingerprint density at radius 3 is 2.48 bits per heavy atom. The van der Waals surface area contributed by atoms with Crippen molar-refractivity contribution in [3.05, 3.63) is 34.9 Å². The molecule has 1 aromatic rings. The maximum atomic E-state index is 12.8. The molecule has 3 fully saturated rings. The van der Waals surface area contributed by atoms with Crippen molar-refractivity contribution in [3.63, 3.8) is 0 Å². The summed E-state index contributed by atoms with van der Waals surface area (Å²) in [7, 11) is 0. The van der Waals surface area contributed by atoms with Gasteiger partial charge < -0.3 is 10.2 Å². The van der Waals surface area contributed by atoms with Crippen LogP contribution in [-0.2, 0) is 0 Å². The molecular weight excluding hydrogens is 334 g/mol. The first-order valence-corrected chi connectivity index (χ1v) is 10.1. The number of piperidine rings is 1. The lowest BCUT2D eigenvalue weighted by atomic mass is 9.87. The van der Waals surface area contributed by atoms with Gasteiger partial charge in [-0.15, -0.1) is 0 Å². The second kappa shape index (κ2) is 7.75. The maximum Gasteiger partial charge on any atom is 0.166 e. The molecule has 1 aliphatic carbocycles. The molecule has 2 saturated heterocycles. The number of benzene rings is 1. The number of carbonyl (C=O) groups excluding carboxylic acids is 1. The fourth-order valence-corrected chi connectivity index (χ4v) is 4.31. The summed E-state index contributed by atoms with van der Waals surface area (Å²) in [5.41, 5.74) is 0.796. The predicted octanol–water partition coefficient (Wildman–Crippen LogP) is 2.88. The van der Waals surface area contributed by atoms with Crippen LogP contribution in [0.4, 0.5) is 0 Å². The molecule has 2 heterocycles. The lowest BCUT2D eigenvalue weighted by molar-refractivity contribution is 0.0499. The molecule has 2 atom stereocenters. The number of nitrogens with zero attached hydrogens (tertiary/aromatic N) is 2. The SMILES string of the molecule is O=C(c1ccc(Cl)cc1)C1CCNC(N2CCN(CC3CC3)CC2)C1. The molecule has 0 aromatic heterocycles. The second-order valence-electron chi connectivity index (χ2n) is 7.84. The van der Waals surface area contributed by atoms with Gasteiger partial charge in [-0.3, -0.25) is 9.69 Å². The van der Waals surface area contributed by atoms with E-state index in [4.69, 9.17) is 11.6 Å². The molecule has 25 heavy (non-hydrogen) atoms. The van der Waals surface area contributed by atoms with Crippen LogP contribution in [0.2, 0.25) is 5.02 Å². The minimum Gasteiger partial charge on any atom is -0.302 e. The van der Waals surface area contributed by atoms with Crippen LogP contribution in [0.25, 0.3) is 0 Å². The molecule has 1 N–H and O–H groups in total. The monoisotopic (exact) mass is 361 g/mol. The van der Waals surface area contributed by atoms with Crippen LogP contribution in [0.5, 0.6) is 0 Å². The van der Waals surface area contributed by atoms with Crippen molar-refractivity contribution in [1.82, 2.24) is 15.1 Å². The number of piperazine rings is 1. The third-order valence-electron chi connectivity index (χ3n) is 5.94. The first-order chi connectivity index (χ1) is 12.2. The number of hydrogen-bond donors (Lipinski definition) is 1. The van der Waals surface area contributed by atoms with Gasteiger partial charge in [-0.25, -0.2) is 0 Å². The van der Waals surface area contributed by atoms with Crippen molar-refractivity contribution in [2.75, 3.05) is 39.3 Å². The fourth-order valence-electron chi connectivity index (χ4n) is 4.18. The zero-order chi connectivity index (χ0) is 17.2. The Labute approximate surface area is 155 Å². The van der Waals surface area contributed by atoms with Crippen molar-refractivity contribution in [2.45, 2.75) is 31.8 Å². The van der Waals surface area contributed by atoms with Gasteiger partial charge in [-0.05, 0) is 62.4 Å². The van der Waals surface area contributed by atoms with Crippen LogP contribution in [0, 0.1) is 11.8 Å². The topological polar surface area (TPSA) is 35.6 Å². The van der Waals surface area contributed by atoms with Crippen molar-refractivity contribution >= 4 is 17.4 Å². The molecule has 4 nitrogen and oxygen atoms in total. The van der Waals surface area contributed by atoms with Crippen molar-refractivity contribution < 1.29 is 4.79 Å². The van der Waals surface area contributed by atoms with Crippen LogP contribution in [-0.4, -0.2) is 61.0 Å². The maximum absolute atomic E-state index is 12.8. The van der Waals surface area contributed by atoms with Gasteiger partial charge in [0, 0.05) is 49.2 Å². The van der Waals surface area contributed by atoms with Gasteiger partial charge in [0.2, 0.25) is 0 Å². The highest BCUT2D eigenvalue weighted by Gasteiger charge is 2.33. The summed E-state index contributed by atoms with van der Waals surface area (Å²) in [5, 5.41) is 4.32. The molecule has 1 saturated carbocycles. The van der Waals surface area contributed by atoms with E-state index in [-0.39, 0.29) is 11.7 Å². The Bertz CT molecular complexity index is 593. The van der Waals surface area contributed by atoms with E-state index >= 15 is 0 Å². The van der Waals surface area contributed by atoms with Gasteiger partial charge >= 0.3 is 0 Å². The van der Waals surface area contributed by atoms with E-state index in [1.807, 2.05) is 24.3 Å². The Morgan fingerprint density at radius 1 is 1.08 bits per heavy atom. The highest BCUT2D eigenvalue weighted by molar-refractivity contribution is 6.30. The summed E-state index contributed by atoms with van der Waals surface area (Å²) < 4.78 is 0. The summed E-state index contributed by atoms with van der Waals surface area (Å²) in [6.45, 7) is 6.80. The molecule has 2 unspecified atom stereocenters. The Hall–Kier alpha value is -0.940. The summed E-state index contributed by atoms with van der Waals surface area (Å²) in [6, 6.07) is 7.34. The Balaban J connectivity index is 1.31. The molecule has 1 aromatic carbocycles. The molecular formula is C20H28ClN3O. The zero-order valence-electron chi connectivity index (χ0n) is 14.8.